The summed E-state index contributed by atoms with van der Waals surface area (Å²) in [6.07, 6.45) is 5.09. The average Bonchev–Trinajstić information content (AvgIpc) is 3.00. The van der Waals surface area contributed by atoms with Crippen LogP contribution in [0.1, 0.15) is 39.0 Å². The third-order valence-electron chi connectivity index (χ3n) is 3.62. The summed E-state index contributed by atoms with van der Waals surface area (Å²) in [6, 6.07) is 1.36. The van der Waals surface area contributed by atoms with Gasteiger partial charge in [-0.3, -0.25) is 4.79 Å². The van der Waals surface area contributed by atoms with Crippen LogP contribution in [0.3, 0.4) is 0 Å². The Hall–Kier alpha value is -0.610. The summed E-state index contributed by atoms with van der Waals surface area (Å²) in [7, 11) is 0. The molecule has 1 aliphatic heterocycles. The highest BCUT2D eigenvalue weighted by molar-refractivity contribution is 5.76. The molecule has 1 saturated heterocycles. The third-order valence-corrected chi connectivity index (χ3v) is 3.62. The summed E-state index contributed by atoms with van der Waals surface area (Å²) < 4.78 is 0. The van der Waals surface area contributed by atoms with Crippen molar-refractivity contribution < 1.29 is 4.79 Å². The molecule has 2 aliphatic rings. The van der Waals surface area contributed by atoms with Gasteiger partial charge in [0.15, 0.2) is 0 Å². The van der Waals surface area contributed by atoms with Crippen LogP contribution in [0.25, 0.3) is 0 Å². The Bertz CT molecular complexity index is 253. The Kier molecular flexibility index (Phi) is 3.82. The Morgan fingerprint density at radius 2 is 2.19 bits per heavy atom. The minimum Gasteiger partial charge on any atom is -0.353 e. The lowest BCUT2D eigenvalue weighted by molar-refractivity contribution is -0.121. The molecule has 2 unspecified atom stereocenters. The lowest BCUT2D eigenvalue weighted by atomic mass is 9.99. The number of nitrogens with one attached hydrogen (secondary N) is 1. The lowest BCUT2D eigenvalue weighted by Gasteiger charge is -2.36. The number of nitrogens with zero attached hydrogens (tertiary/aromatic N) is 1. The molecule has 1 amide bonds. The van der Waals surface area contributed by atoms with Crippen LogP contribution in [0.5, 0.6) is 0 Å². The lowest BCUT2D eigenvalue weighted by Crippen LogP contribution is -2.46. The van der Waals surface area contributed by atoms with E-state index in [2.05, 4.69) is 17.1 Å². The Balaban J connectivity index is 1.66. The van der Waals surface area contributed by atoms with Gasteiger partial charge in [0.2, 0.25) is 5.91 Å². The molecular weight excluding hydrogens is 202 g/mol. The highest BCUT2D eigenvalue weighted by atomic mass is 16.1. The van der Waals surface area contributed by atoms with E-state index < -0.39 is 0 Å². The van der Waals surface area contributed by atoms with Gasteiger partial charge in [0.25, 0.3) is 0 Å². The van der Waals surface area contributed by atoms with Crippen molar-refractivity contribution in [3.05, 3.63) is 0 Å². The van der Waals surface area contributed by atoms with E-state index in [9.17, 15) is 4.79 Å². The zero-order valence-electron chi connectivity index (χ0n) is 10.1. The molecule has 1 aliphatic carbocycles. The molecule has 16 heavy (non-hydrogen) atoms. The minimum absolute atomic E-state index is 0.213. The van der Waals surface area contributed by atoms with Crippen LogP contribution < -0.4 is 11.1 Å². The standard InChI is InChI=1S/C12H23N3O/c1-9-8-10(13)4-6-15(9)7-5-12(16)14-11-2-3-11/h9-11H,2-8,13H2,1H3,(H,14,16). The fourth-order valence-corrected chi connectivity index (χ4v) is 2.36. The molecular formula is C12H23N3O. The topological polar surface area (TPSA) is 58.4 Å². The largest absolute Gasteiger partial charge is 0.353 e. The van der Waals surface area contributed by atoms with Crippen LogP contribution in [0.15, 0.2) is 0 Å². The number of likely N-dealkylation sites (tertiary alicyclic amines) is 1. The fraction of sp³-hybridized carbons (Fsp3) is 0.917. The summed E-state index contributed by atoms with van der Waals surface area (Å²) in [5, 5.41) is 3.03. The first-order chi connectivity index (χ1) is 7.65. The number of piperidine rings is 1. The van der Waals surface area contributed by atoms with Crippen molar-refractivity contribution in [3.8, 4) is 0 Å². The quantitative estimate of drug-likeness (QED) is 0.731. The summed E-state index contributed by atoms with van der Waals surface area (Å²) in [4.78, 5) is 13.9. The molecule has 0 spiro atoms. The normalized spacial score (nSPS) is 31.4. The number of hydrogen-bond donors (Lipinski definition) is 2. The number of hydrogen-bond acceptors (Lipinski definition) is 3. The second kappa shape index (κ2) is 5.15. The van der Waals surface area contributed by atoms with E-state index >= 15 is 0 Å². The summed E-state index contributed by atoms with van der Waals surface area (Å²) in [5.74, 6) is 0.213. The minimum atomic E-state index is 0.213. The molecule has 4 nitrogen and oxygen atoms in total. The number of amides is 1. The predicted octanol–water partition coefficient (Wildman–Crippen LogP) is 0.467. The van der Waals surface area contributed by atoms with Crippen LogP contribution in [0.2, 0.25) is 0 Å². The van der Waals surface area contributed by atoms with Crippen molar-refractivity contribution in [2.24, 2.45) is 5.73 Å². The molecule has 0 bridgehead atoms. The summed E-state index contributed by atoms with van der Waals surface area (Å²) >= 11 is 0. The van der Waals surface area contributed by atoms with Gasteiger partial charge in [-0.1, -0.05) is 0 Å². The SMILES string of the molecule is CC1CC(N)CCN1CCC(=O)NC1CC1. The van der Waals surface area contributed by atoms with Gasteiger partial charge in [0.1, 0.15) is 0 Å². The molecule has 1 heterocycles. The second-order valence-electron chi connectivity index (χ2n) is 5.26. The van der Waals surface area contributed by atoms with Gasteiger partial charge in [0.05, 0.1) is 0 Å². The zero-order chi connectivity index (χ0) is 11.5. The van der Waals surface area contributed by atoms with Crippen molar-refractivity contribution >= 4 is 5.91 Å². The maximum atomic E-state index is 11.5. The molecule has 4 heteroatoms. The van der Waals surface area contributed by atoms with E-state index in [-0.39, 0.29) is 5.91 Å². The van der Waals surface area contributed by atoms with E-state index in [0.29, 0.717) is 24.5 Å². The van der Waals surface area contributed by atoms with E-state index in [1.165, 1.54) is 12.8 Å². The number of carbonyl (C=O) groups is 1. The molecule has 92 valence electrons. The molecule has 2 rings (SSSR count). The number of nitrogens with two attached hydrogens (primary N) is 1. The fourth-order valence-electron chi connectivity index (χ4n) is 2.36. The van der Waals surface area contributed by atoms with Crippen LogP contribution in [0, 0.1) is 0 Å². The van der Waals surface area contributed by atoms with Crippen LogP contribution in [-0.2, 0) is 4.79 Å². The molecule has 1 saturated carbocycles. The highest BCUT2D eigenvalue weighted by Crippen LogP contribution is 2.19. The van der Waals surface area contributed by atoms with Crippen molar-refractivity contribution in [3.63, 3.8) is 0 Å². The van der Waals surface area contributed by atoms with E-state index in [1.54, 1.807) is 0 Å². The monoisotopic (exact) mass is 225 g/mol. The molecule has 0 aromatic carbocycles. The Labute approximate surface area is 97.6 Å². The maximum Gasteiger partial charge on any atom is 0.221 e. The third kappa shape index (κ3) is 3.46. The smallest absolute Gasteiger partial charge is 0.221 e. The van der Waals surface area contributed by atoms with Gasteiger partial charge < -0.3 is 16.0 Å². The molecule has 0 radical (unpaired) electrons. The molecule has 0 aromatic rings. The zero-order valence-corrected chi connectivity index (χ0v) is 10.1. The van der Waals surface area contributed by atoms with Crippen LogP contribution in [0.4, 0.5) is 0 Å². The van der Waals surface area contributed by atoms with Gasteiger partial charge in [-0.05, 0) is 39.2 Å². The van der Waals surface area contributed by atoms with Crippen molar-refractivity contribution in [1.82, 2.24) is 10.2 Å². The number of rotatable bonds is 4. The van der Waals surface area contributed by atoms with E-state index in [0.717, 1.165) is 25.9 Å². The second-order valence-corrected chi connectivity index (χ2v) is 5.26. The molecule has 2 atom stereocenters. The molecule has 2 fully saturated rings. The van der Waals surface area contributed by atoms with E-state index in [4.69, 9.17) is 5.73 Å². The summed E-state index contributed by atoms with van der Waals surface area (Å²) in [5.41, 5.74) is 5.91. The first-order valence-corrected chi connectivity index (χ1v) is 6.44. The van der Waals surface area contributed by atoms with Gasteiger partial charge >= 0.3 is 0 Å². The van der Waals surface area contributed by atoms with Crippen LogP contribution in [-0.4, -0.2) is 42.0 Å². The van der Waals surface area contributed by atoms with Gasteiger partial charge in [-0.15, -0.1) is 0 Å². The predicted molar refractivity (Wildman–Crippen MR) is 64.0 cm³/mol. The van der Waals surface area contributed by atoms with Crippen molar-refractivity contribution in [2.45, 2.75) is 57.2 Å². The van der Waals surface area contributed by atoms with Crippen LogP contribution >= 0.6 is 0 Å². The number of carbonyl (C=O) groups excluding carboxylic acids is 1. The summed E-state index contributed by atoms with van der Waals surface area (Å²) in [6.45, 7) is 4.13. The first-order valence-electron chi connectivity index (χ1n) is 6.44. The van der Waals surface area contributed by atoms with Crippen molar-refractivity contribution in [2.75, 3.05) is 13.1 Å². The van der Waals surface area contributed by atoms with Gasteiger partial charge in [-0.2, -0.15) is 0 Å². The van der Waals surface area contributed by atoms with E-state index in [1.807, 2.05) is 0 Å². The molecule has 3 N–H and O–H groups in total. The Morgan fingerprint density at radius 1 is 1.44 bits per heavy atom. The van der Waals surface area contributed by atoms with Gasteiger partial charge in [0, 0.05) is 31.1 Å². The highest BCUT2D eigenvalue weighted by Gasteiger charge is 2.25. The van der Waals surface area contributed by atoms with Crippen molar-refractivity contribution in [1.29, 1.82) is 0 Å². The molecule has 0 aromatic heterocycles. The average molecular weight is 225 g/mol. The Morgan fingerprint density at radius 3 is 2.81 bits per heavy atom. The van der Waals surface area contributed by atoms with Gasteiger partial charge in [-0.25, -0.2) is 0 Å². The first kappa shape index (κ1) is 11.9. The maximum absolute atomic E-state index is 11.5.